The Hall–Kier alpha value is -0.0200. The Bertz CT molecular complexity index is 121. The largest absolute Gasteiger partial charge is 0.316 e. The molecule has 10 heavy (non-hydrogen) atoms. The first-order valence-electron chi connectivity index (χ1n) is 3.57. The van der Waals surface area contributed by atoms with Crippen LogP contribution in [-0.2, 0) is 4.79 Å². The normalized spacial score (nSPS) is 25.1. The third kappa shape index (κ3) is 1.99. The van der Waals surface area contributed by atoms with Crippen molar-refractivity contribution in [3.63, 3.8) is 0 Å². The minimum Gasteiger partial charge on any atom is -0.316 e. The van der Waals surface area contributed by atoms with E-state index >= 15 is 0 Å². The minimum atomic E-state index is 0.312. The van der Waals surface area contributed by atoms with Gasteiger partial charge in [0.05, 0.1) is 5.75 Å². The summed E-state index contributed by atoms with van der Waals surface area (Å²) in [5.74, 6) is 1.41. The van der Waals surface area contributed by atoms with Crippen molar-refractivity contribution in [2.24, 2.45) is 5.92 Å². The van der Waals surface area contributed by atoms with Gasteiger partial charge < -0.3 is 5.32 Å². The van der Waals surface area contributed by atoms with E-state index in [4.69, 9.17) is 0 Å². The van der Waals surface area contributed by atoms with Crippen LogP contribution in [0.2, 0.25) is 0 Å². The maximum absolute atomic E-state index is 11.2. The molecule has 0 amide bonds. The molecule has 0 aromatic rings. The van der Waals surface area contributed by atoms with Crippen LogP contribution in [0.1, 0.15) is 6.42 Å². The zero-order valence-corrected chi connectivity index (χ0v) is 7.04. The molecule has 3 heteroatoms. The summed E-state index contributed by atoms with van der Waals surface area (Å²) < 4.78 is 0. The van der Waals surface area contributed by atoms with Gasteiger partial charge in [0.1, 0.15) is 5.78 Å². The third-order valence-corrected chi connectivity index (χ3v) is 2.38. The maximum Gasteiger partial charge on any atom is 0.147 e. The molecular weight excluding hydrogens is 146 g/mol. The molecule has 1 heterocycles. The number of hydrogen-bond acceptors (Lipinski definition) is 3. The van der Waals surface area contributed by atoms with E-state index in [1.807, 2.05) is 6.26 Å². The molecule has 0 aromatic carbocycles. The molecule has 0 bridgehead atoms. The van der Waals surface area contributed by atoms with Crippen LogP contribution in [0.25, 0.3) is 0 Å². The van der Waals surface area contributed by atoms with Gasteiger partial charge in [0.2, 0.25) is 0 Å². The predicted octanol–water partition coefficient (Wildman–Crippen LogP) is 0.528. The van der Waals surface area contributed by atoms with Crippen LogP contribution in [0, 0.1) is 5.92 Å². The Balaban J connectivity index is 2.25. The van der Waals surface area contributed by atoms with E-state index < -0.39 is 0 Å². The quantitative estimate of drug-likeness (QED) is 0.651. The molecule has 0 saturated carbocycles. The summed E-state index contributed by atoms with van der Waals surface area (Å²) in [6.07, 6.45) is 3.01. The molecule has 1 N–H and O–H groups in total. The van der Waals surface area contributed by atoms with Gasteiger partial charge in [-0.2, -0.15) is 11.8 Å². The van der Waals surface area contributed by atoms with Gasteiger partial charge in [-0.3, -0.25) is 4.79 Å². The van der Waals surface area contributed by atoms with Gasteiger partial charge >= 0.3 is 0 Å². The second-order valence-corrected chi connectivity index (χ2v) is 3.46. The highest BCUT2D eigenvalue weighted by Crippen LogP contribution is 2.10. The highest BCUT2D eigenvalue weighted by Gasteiger charge is 2.20. The smallest absolute Gasteiger partial charge is 0.147 e. The van der Waals surface area contributed by atoms with Crippen molar-refractivity contribution in [2.45, 2.75) is 6.42 Å². The molecular formula is C7H13NOS. The van der Waals surface area contributed by atoms with E-state index in [0.29, 0.717) is 17.5 Å². The highest BCUT2D eigenvalue weighted by molar-refractivity contribution is 7.99. The predicted molar refractivity (Wildman–Crippen MR) is 44.4 cm³/mol. The molecule has 1 unspecified atom stereocenters. The van der Waals surface area contributed by atoms with Gasteiger partial charge in [-0.1, -0.05) is 0 Å². The van der Waals surface area contributed by atoms with Crippen LogP contribution in [0.5, 0.6) is 0 Å². The summed E-state index contributed by atoms with van der Waals surface area (Å²) in [5, 5.41) is 3.18. The second-order valence-electron chi connectivity index (χ2n) is 2.59. The van der Waals surface area contributed by atoms with Crippen LogP contribution < -0.4 is 5.32 Å². The number of carbonyl (C=O) groups is 1. The molecule has 1 aliphatic heterocycles. The maximum atomic E-state index is 11.2. The van der Waals surface area contributed by atoms with Crippen molar-refractivity contribution in [3.05, 3.63) is 0 Å². The Morgan fingerprint density at radius 3 is 3.10 bits per heavy atom. The Morgan fingerprint density at radius 2 is 2.60 bits per heavy atom. The SMILES string of the molecule is CSCC(=O)C1CCNC1. The summed E-state index contributed by atoms with van der Waals surface area (Å²) in [6.45, 7) is 1.92. The number of ketones is 1. The van der Waals surface area contributed by atoms with Crippen molar-refractivity contribution < 1.29 is 4.79 Å². The van der Waals surface area contributed by atoms with E-state index in [0.717, 1.165) is 19.5 Å². The Kier molecular flexibility index (Phi) is 3.22. The number of thioether (sulfide) groups is 1. The molecule has 0 spiro atoms. The summed E-state index contributed by atoms with van der Waals surface area (Å²) in [5.41, 5.74) is 0. The van der Waals surface area contributed by atoms with Crippen LogP contribution in [-0.4, -0.2) is 30.9 Å². The standard InChI is InChI=1S/C7H13NOS/c1-10-5-7(9)6-2-3-8-4-6/h6,8H,2-5H2,1H3. The lowest BCUT2D eigenvalue weighted by Crippen LogP contribution is -2.19. The van der Waals surface area contributed by atoms with E-state index in [1.54, 1.807) is 11.8 Å². The first kappa shape index (κ1) is 8.08. The van der Waals surface area contributed by atoms with Crippen molar-refractivity contribution in [1.82, 2.24) is 5.32 Å². The first-order chi connectivity index (χ1) is 4.84. The molecule has 1 fully saturated rings. The molecule has 1 atom stereocenters. The van der Waals surface area contributed by atoms with Crippen molar-refractivity contribution in [3.8, 4) is 0 Å². The summed E-state index contributed by atoms with van der Waals surface area (Å²) in [6, 6.07) is 0. The van der Waals surface area contributed by atoms with Gasteiger partial charge in [-0.05, 0) is 19.2 Å². The summed E-state index contributed by atoms with van der Waals surface area (Å²) in [7, 11) is 0. The van der Waals surface area contributed by atoms with Gasteiger partial charge in [0.25, 0.3) is 0 Å². The molecule has 58 valence electrons. The van der Waals surface area contributed by atoms with Crippen LogP contribution in [0.4, 0.5) is 0 Å². The fourth-order valence-electron chi connectivity index (χ4n) is 1.19. The first-order valence-corrected chi connectivity index (χ1v) is 4.96. The Morgan fingerprint density at radius 1 is 1.80 bits per heavy atom. The van der Waals surface area contributed by atoms with E-state index in [2.05, 4.69) is 5.32 Å². The molecule has 0 aromatic heterocycles. The zero-order valence-electron chi connectivity index (χ0n) is 6.22. The van der Waals surface area contributed by atoms with E-state index in [9.17, 15) is 4.79 Å². The van der Waals surface area contributed by atoms with Crippen molar-refractivity contribution in [2.75, 3.05) is 25.1 Å². The molecule has 0 aliphatic carbocycles. The van der Waals surface area contributed by atoms with Gasteiger partial charge in [-0.15, -0.1) is 0 Å². The van der Waals surface area contributed by atoms with E-state index in [-0.39, 0.29) is 0 Å². The molecule has 1 aliphatic rings. The topological polar surface area (TPSA) is 29.1 Å². The number of nitrogens with one attached hydrogen (secondary N) is 1. The number of rotatable bonds is 3. The lowest BCUT2D eigenvalue weighted by Gasteiger charge is -2.03. The molecule has 2 nitrogen and oxygen atoms in total. The molecule has 0 radical (unpaired) electrons. The summed E-state index contributed by atoms with van der Waals surface area (Å²) in [4.78, 5) is 11.2. The number of carbonyl (C=O) groups excluding carboxylic acids is 1. The zero-order chi connectivity index (χ0) is 7.40. The van der Waals surface area contributed by atoms with Gasteiger partial charge in [-0.25, -0.2) is 0 Å². The second kappa shape index (κ2) is 3.98. The lowest BCUT2D eigenvalue weighted by atomic mass is 10.1. The van der Waals surface area contributed by atoms with E-state index in [1.165, 1.54) is 0 Å². The number of hydrogen-bond donors (Lipinski definition) is 1. The van der Waals surface area contributed by atoms with Crippen molar-refractivity contribution in [1.29, 1.82) is 0 Å². The minimum absolute atomic E-state index is 0.312. The van der Waals surface area contributed by atoms with Crippen molar-refractivity contribution >= 4 is 17.5 Å². The van der Waals surface area contributed by atoms with Crippen LogP contribution in [0.15, 0.2) is 0 Å². The summed E-state index contributed by atoms with van der Waals surface area (Å²) >= 11 is 1.62. The fraction of sp³-hybridized carbons (Fsp3) is 0.857. The van der Waals surface area contributed by atoms with Gasteiger partial charge in [0.15, 0.2) is 0 Å². The molecule has 1 saturated heterocycles. The van der Waals surface area contributed by atoms with Crippen LogP contribution in [0.3, 0.4) is 0 Å². The number of Topliss-reactive ketones (excluding diaryl/α,β-unsaturated/α-hetero) is 1. The van der Waals surface area contributed by atoms with Gasteiger partial charge in [0, 0.05) is 12.5 Å². The fourth-order valence-corrected chi connectivity index (χ4v) is 1.71. The van der Waals surface area contributed by atoms with Crippen LogP contribution >= 0.6 is 11.8 Å². The average Bonchev–Trinajstić information content (AvgIpc) is 2.38. The Labute approximate surface area is 65.8 Å². The lowest BCUT2D eigenvalue weighted by molar-refractivity contribution is -0.119. The highest BCUT2D eigenvalue weighted by atomic mass is 32.2. The third-order valence-electron chi connectivity index (χ3n) is 1.80. The monoisotopic (exact) mass is 159 g/mol. The average molecular weight is 159 g/mol. The molecule has 1 rings (SSSR count).